The second-order valence-corrected chi connectivity index (χ2v) is 7.53. The molecule has 0 heterocycles. The van der Waals surface area contributed by atoms with Crippen LogP contribution in [0.25, 0.3) is 0 Å². The molecule has 0 fully saturated rings. The van der Waals surface area contributed by atoms with Gasteiger partial charge in [-0.2, -0.15) is 0 Å². The molecule has 10 heteroatoms. The Labute approximate surface area is 199 Å². The number of anilines is 1. The lowest BCUT2D eigenvalue weighted by Crippen LogP contribution is -2.18. The van der Waals surface area contributed by atoms with Crippen molar-refractivity contribution in [1.29, 1.82) is 0 Å². The predicted octanol–water partition coefficient (Wildman–Crippen LogP) is 5.96. The molecule has 6 nitrogen and oxygen atoms in total. The van der Waals surface area contributed by atoms with E-state index in [0.29, 0.717) is 34.3 Å². The van der Waals surface area contributed by atoms with E-state index in [-0.39, 0.29) is 11.3 Å². The molecule has 0 aliphatic carbocycles. The topological polar surface area (TPSA) is 69.2 Å². The summed E-state index contributed by atoms with van der Waals surface area (Å²) < 4.78 is 58.3. The smallest absolute Gasteiger partial charge is 0.497 e. The summed E-state index contributed by atoms with van der Waals surface area (Å²) >= 11 is 6.16. The van der Waals surface area contributed by atoms with Crippen LogP contribution in [0.3, 0.4) is 0 Å². The molecule has 182 valence electrons. The van der Waals surface area contributed by atoms with E-state index in [4.69, 9.17) is 25.8 Å². The molecule has 3 aromatic carbocycles. The van der Waals surface area contributed by atoms with Gasteiger partial charge in [0.05, 0.1) is 21.3 Å². The molecule has 0 saturated heterocycles. The van der Waals surface area contributed by atoms with Gasteiger partial charge in [0.2, 0.25) is 0 Å². The number of ether oxygens (including phenoxy) is 4. The van der Waals surface area contributed by atoms with Gasteiger partial charge in [0, 0.05) is 40.0 Å². The van der Waals surface area contributed by atoms with Gasteiger partial charge in [0.25, 0.3) is 0 Å². The summed E-state index contributed by atoms with van der Waals surface area (Å²) in [5.41, 5.74) is 1.75. The highest BCUT2D eigenvalue weighted by Gasteiger charge is 2.33. The molecule has 3 rings (SSSR count). The van der Waals surface area contributed by atoms with Gasteiger partial charge in [0.15, 0.2) is 11.5 Å². The summed E-state index contributed by atoms with van der Waals surface area (Å²) in [6.45, 7) is 0.322. The molecule has 34 heavy (non-hydrogen) atoms. The summed E-state index contributed by atoms with van der Waals surface area (Å²) in [5, 5.41) is 14.7. The summed E-state index contributed by atoms with van der Waals surface area (Å²) in [7, 11) is 4.29. The van der Waals surface area contributed by atoms with Crippen LogP contribution in [0.15, 0.2) is 54.6 Å². The maximum absolute atomic E-state index is 12.8. The molecule has 0 aliphatic rings. The van der Waals surface area contributed by atoms with E-state index in [1.807, 2.05) is 6.07 Å². The second kappa shape index (κ2) is 10.8. The number of methoxy groups -OCH3 is 3. The van der Waals surface area contributed by atoms with Crippen molar-refractivity contribution >= 4 is 17.3 Å². The van der Waals surface area contributed by atoms with E-state index in [9.17, 15) is 18.3 Å². The van der Waals surface area contributed by atoms with E-state index in [1.165, 1.54) is 32.4 Å². The molecule has 1 atom stereocenters. The lowest BCUT2D eigenvalue weighted by atomic mass is 9.98. The predicted molar refractivity (Wildman–Crippen MR) is 122 cm³/mol. The first kappa shape index (κ1) is 25.3. The molecule has 0 saturated carbocycles. The molecule has 0 amide bonds. The minimum absolute atomic E-state index is 0.0802. The first-order valence-corrected chi connectivity index (χ1v) is 10.4. The number of aliphatic hydroxyl groups is 1. The SMILES string of the molecule is COc1ccc(CNc2ccc(Cl)cc2C(O)c2cccc(OC(F)(F)F)c2OC)c(OC)c1. The van der Waals surface area contributed by atoms with Crippen LogP contribution in [0.4, 0.5) is 18.9 Å². The summed E-state index contributed by atoms with van der Waals surface area (Å²) in [5.74, 6) is 0.430. The number of para-hydroxylation sites is 1. The van der Waals surface area contributed by atoms with Crippen LogP contribution in [-0.2, 0) is 6.54 Å². The molecule has 0 bridgehead atoms. The van der Waals surface area contributed by atoms with Crippen LogP contribution in [0.5, 0.6) is 23.0 Å². The van der Waals surface area contributed by atoms with E-state index in [0.717, 1.165) is 11.6 Å². The Balaban J connectivity index is 1.95. The van der Waals surface area contributed by atoms with Crippen molar-refractivity contribution in [3.63, 3.8) is 0 Å². The van der Waals surface area contributed by atoms with Crippen molar-refractivity contribution in [2.45, 2.75) is 19.0 Å². The van der Waals surface area contributed by atoms with E-state index in [2.05, 4.69) is 10.1 Å². The third kappa shape index (κ3) is 5.98. The molecule has 0 aliphatic heterocycles. The van der Waals surface area contributed by atoms with E-state index >= 15 is 0 Å². The molecule has 0 radical (unpaired) electrons. The molecule has 2 N–H and O–H groups in total. The number of alkyl halides is 3. The largest absolute Gasteiger partial charge is 0.573 e. The minimum atomic E-state index is -4.92. The average Bonchev–Trinajstić information content (AvgIpc) is 2.81. The summed E-state index contributed by atoms with van der Waals surface area (Å²) in [4.78, 5) is 0. The summed E-state index contributed by atoms with van der Waals surface area (Å²) in [6.07, 6.45) is -6.29. The minimum Gasteiger partial charge on any atom is -0.497 e. The Morgan fingerprint density at radius 1 is 0.912 bits per heavy atom. The maximum Gasteiger partial charge on any atom is 0.573 e. The van der Waals surface area contributed by atoms with Crippen molar-refractivity contribution in [2.75, 3.05) is 26.6 Å². The van der Waals surface area contributed by atoms with Crippen LogP contribution in [-0.4, -0.2) is 32.8 Å². The standard InChI is InChI=1S/C24H23ClF3NO5/c1-31-16-9-7-14(21(12-16)32-2)13-29-19-10-8-15(25)11-18(19)22(30)17-5-4-6-20(23(17)33-3)34-24(26,27)28/h4-12,22,29-30H,13H2,1-3H3. The zero-order valence-electron chi connectivity index (χ0n) is 18.6. The first-order chi connectivity index (χ1) is 16.2. The molecule has 3 aromatic rings. The number of rotatable bonds is 9. The van der Waals surface area contributed by atoms with Crippen molar-refractivity contribution < 1.29 is 37.2 Å². The van der Waals surface area contributed by atoms with Gasteiger partial charge in [-0.1, -0.05) is 23.7 Å². The van der Waals surface area contributed by atoms with Crippen LogP contribution in [0.2, 0.25) is 5.02 Å². The van der Waals surface area contributed by atoms with Crippen molar-refractivity contribution in [2.24, 2.45) is 0 Å². The second-order valence-electron chi connectivity index (χ2n) is 7.09. The van der Waals surface area contributed by atoms with E-state index < -0.39 is 18.2 Å². The molecule has 1 unspecified atom stereocenters. The van der Waals surface area contributed by atoms with Gasteiger partial charge in [-0.05, 0) is 36.4 Å². The quantitative estimate of drug-likeness (QED) is 0.380. The van der Waals surface area contributed by atoms with Crippen molar-refractivity contribution in [3.8, 4) is 23.0 Å². The number of hydrogen-bond donors (Lipinski definition) is 2. The normalized spacial score (nSPS) is 12.1. The van der Waals surface area contributed by atoms with Crippen molar-refractivity contribution in [1.82, 2.24) is 0 Å². The molecular formula is C24H23ClF3NO5. The monoisotopic (exact) mass is 497 g/mol. The zero-order valence-corrected chi connectivity index (χ0v) is 19.3. The fourth-order valence-electron chi connectivity index (χ4n) is 3.45. The Kier molecular flexibility index (Phi) is 8.01. The first-order valence-electron chi connectivity index (χ1n) is 10.0. The van der Waals surface area contributed by atoms with Crippen molar-refractivity contribution in [3.05, 3.63) is 76.3 Å². The summed E-state index contributed by atoms with van der Waals surface area (Å²) in [6, 6.07) is 14.1. The molecule has 0 aromatic heterocycles. The van der Waals surface area contributed by atoms with Crippen LogP contribution in [0, 0.1) is 0 Å². The molecule has 0 spiro atoms. The fraction of sp³-hybridized carbons (Fsp3) is 0.250. The van der Waals surface area contributed by atoms with Gasteiger partial charge in [-0.25, -0.2) is 0 Å². The average molecular weight is 498 g/mol. The zero-order chi connectivity index (χ0) is 24.9. The fourth-order valence-corrected chi connectivity index (χ4v) is 3.63. The van der Waals surface area contributed by atoms with Crippen LogP contribution >= 0.6 is 11.6 Å². The number of aliphatic hydroxyl groups excluding tert-OH is 1. The lowest BCUT2D eigenvalue weighted by Gasteiger charge is -2.21. The maximum atomic E-state index is 12.8. The number of hydrogen-bond acceptors (Lipinski definition) is 6. The number of halogens is 4. The third-order valence-electron chi connectivity index (χ3n) is 5.01. The Bertz CT molecular complexity index is 1140. The van der Waals surface area contributed by atoms with Gasteiger partial charge in [0.1, 0.15) is 17.6 Å². The van der Waals surface area contributed by atoms with Gasteiger partial charge < -0.3 is 29.4 Å². The lowest BCUT2D eigenvalue weighted by molar-refractivity contribution is -0.275. The number of benzene rings is 3. The highest BCUT2D eigenvalue weighted by atomic mass is 35.5. The van der Waals surface area contributed by atoms with Crippen LogP contribution in [0.1, 0.15) is 22.8 Å². The Hall–Kier alpha value is -3.30. The number of nitrogens with one attached hydrogen (secondary N) is 1. The van der Waals surface area contributed by atoms with Gasteiger partial charge in [-0.3, -0.25) is 0 Å². The van der Waals surface area contributed by atoms with Crippen LogP contribution < -0.4 is 24.3 Å². The van der Waals surface area contributed by atoms with Gasteiger partial charge in [-0.15, -0.1) is 13.2 Å². The third-order valence-corrected chi connectivity index (χ3v) is 5.24. The highest BCUT2D eigenvalue weighted by Crippen LogP contribution is 2.41. The Morgan fingerprint density at radius 2 is 1.68 bits per heavy atom. The van der Waals surface area contributed by atoms with E-state index in [1.54, 1.807) is 31.4 Å². The van der Waals surface area contributed by atoms with Gasteiger partial charge >= 0.3 is 6.36 Å². The Morgan fingerprint density at radius 3 is 2.32 bits per heavy atom. The molecular weight excluding hydrogens is 475 g/mol. The highest BCUT2D eigenvalue weighted by molar-refractivity contribution is 6.30.